The summed E-state index contributed by atoms with van der Waals surface area (Å²) < 4.78 is 16.1. The number of anilines is 1. The van der Waals surface area contributed by atoms with E-state index in [-0.39, 0.29) is 11.5 Å². The van der Waals surface area contributed by atoms with Gasteiger partial charge in [0, 0.05) is 33.2 Å². The van der Waals surface area contributed by atoms with E-state index in [2.05, 4.69) is 5.32 Å². The van der Waals surface area contributed by atoms with Gasteiger partial charge in [-0.2, -0.15) is 0 Å². The first-order valence-electron chi connectivity index (χ1n) is 9.95. The molecule has 0 unspecified atom stereocenters. The Morgan fingerprint density at radius 2 is 1.75 bits per heavy atom. The van der Waals surface area contributed by atoms with Crippen molar-refractivity contribution in [1.82, 2.24) is 9.88 Å². The Morgan fingerprint density at radius 3 is 2.56 bits per heavy atom. The van der Waals surface area contributed by atoms with Crippen LogP contribution in [0, 0.1) is 5.82 Å². The molecule has 1 N–H and O–H groups in total. The number of hydrogen-bond acceptors (Lipinski definition) is 2. The number of rotatable bonds is 4. The van der Waals surface area contributed by atoms with Crippen molar-refractivity contribution in [2.24, 2.45) is 0 Å². The zero-order valence-corrected chi connectivity index (χ0v) is 17.5. The number of nitrogens with zero attached hydrogens (tertiary/aromatic N) is 2. The first kappa shape index (κ1) is 20.0. The van der Waals surface area contributed by atoms with Crippen LogP contribution in [0.15, 0.2) is 84.7 Å². The monoisotopic (exact) mass is 445 g/mol. The van der Waals surface area contributed by atoms with E-state index < -0.39 is 11.9 Å². The van der Waals surface area contributed by atoms with Gasteiger partial charge in [-0.1, -0.05) is 54.1 Å². The van der Waals surface area contributed by atoms with Crippen molar-refractivity contribution >= 4 is 46.2 Å². The number of benzene rings is 3. The van der Waals surface area contributed by atoms with E-state index in [9.17, 15) is 14.0 Å². The van der Waals surface area contributed by atoms with Crippen molar-refractivity contribution in [2.45, 2.75) is 6.54 Å². The number of imide groups is 1. The summed E-state index contributed by atoms with van der Waals surface area (Å²) in [5.74, 6) is -0.746. The van der Waals surface area contributed by atoms with Crippen LogP contribution >= 0.6 is 11.6 Å². The molecular weight excluding hydrogens is 429 g/mol. The minimum absolute atomic E-state index is 0.156. The van der Waals surface area contributed by atoms with Gasteiger partial charge in [-0.05, 0) is 36.4 Å². The summed E-state index contributed by atoms with van der Waals surface area (Å²) in [5.41, 5.74) is 2.75. The molecule has 158 valence electrons. The molecule has 0 saturated carbocycles. The lowest BCUT2D eigenvalue weighted by atomic mass is 10.1. The van der Waals surface area contributed by atoms with Crippen LogP contribution in [0.25, 0.3) is 17.0 Å². The smallest absolute Gasteiger partial charge is 0.333 e. The van der Waals surface area contributed by atoms with Crippen LogP contribution in [0.5, 0.6) is 0 Å². The zero-order chi connectivity index (χ0) is 22.2. The van der Waals surface area contributed by atoms with Gasteiger partial charge in [0.15, 0.2) is 0 Å². The van der Waals surface area contributed by atoms with Crippen molar-refractivity contribution in [3.05, 3.63) is 107 Å². The predicted octanol–water partition coefficient (Wildman–Crippen LogP) is 5.58. The van der Waals surface area contributed by atoms with Crippen LogP contribution < -0.4 is 10.2 Å². The van der Waals surface area contributed by atoms with Crippen LogP contribution in [0.4, 0.5) is 14.9 Å². The number of amides is 3. The van der Waals surface area contributed by atoms with Gasteiger partial charge in [0.2, 0.25) is 0 Å². The molecule has 0 spiro atoms. The summed E-state index contributed by atoms with van der Waals surface area (Å²) in [6.45, 7) is 0.339. The second-order valence-corrected chi connectivity index (χ2v) is 7.87. The van der Waals surface area contributed by atoms with E-state index in [1.807, 2.05) is 35.0 Å². The number of halogens is 2. The largest absolute Gasteiger partial charge is 0.342 e. The summed E-state index contributed by atoms with van der Waals surface area (Å²) >= 11 is 6.02. The maximum atomic E-state index is 14.2. The number of nitrogens with one attached hydrogen (secondary N) is 1. The molecule has 7 heteroatoms. The van der Waals surface area contributed by atoms with Crippen LogP contribution in [-0.4, -0.2) is 16.5 Å². The molecule has 1 fully saturated rings. The highest BCUT2D eigenvalue weighted by Gasteiger charge is 2.35. The molecule has 1 aromatic heterocycles. The molecule has 3 aromatic carbocycles. The number of aromatic nitrogens is 1. The summed E-state index contributed by atoms with van der Waals surface area (Å²) in [7, 11) is 0. The van der Waals surface area contributed by atoms with Crippen LogP contribution in [0.1, 0.15) is 11.1 Å². The third-order valence-corrected chi connectivity index (χ3v) is 5.60. The van der Waals surface area contributed by atoms with Gasteiger partial charge in [0.1, 0.15) is 11.5 Å². The topological polar surface area (TPSA) is 54.3 Å². The summed E-state index contributed by atoms with van der Waals surface area (Å²) in [4.78, 5) is 26.5. The Balaban J connectivity index is 1.53. The van der Waals surface area contributed by atoms with E-state index in [0.29, 0.717) is 22.8 Å². The summed E-state index contributed by atoms with van der Waals surface area (Å²) in [5, 5.41) is 3.96. The normalized spacial score (nSPS) is 15.1. The maximum Gasteiger partial charge on any atom is 0.333 e. The lowest BCUT2D eigenvalue weighted by Gasteiger charge is -2.11. The molecule has 0 aliphatic carbocycles. The van der Waals surface area contributed by atoms with Crippen LogP contribution in [-0.2, 0) is 11.3 Å². The van der Waals surface area contributed by atoms with Gasteiger partial charge < -0.3 is 9.88 Å². The SMILES string of the molecule is O=C1N/C(=C\c2cn(Cc3ccccc3F)c3ccccc23)C(=O)N1c1cccc(Cl)c1. The molecule has 5 rings (SSSR count). The summed E-state index contributed by atoms with van der Waals surface area (Å²) in [6, 6.07) is 20.3. The zero-order valence-electron chi connectivity index (χ0n) is 16.8. The van der Waals surface area contributed by atoms with E-state index >= 15 is 0 Å². The standard InChI is InChI=1S/C25H17ClFN3O2/c26-18-7-5-8-19(13-18)30-24(31)22(28-25(30)32)12-17-15-29(23-11-4-2-9-20(17)23)14-16-6-1-3-10-21(16)27/h1-13,15H,14H2,(H,28,32)/b22-12-. The molecule has 1 aliphatic rings. The molecule has 0 atom stereocenters. The number of carbonyl (C=O) groups is 2. The van der Waals surface area contributed by atoms with E-state index in [0.717, 1.165) is 21.4 Å². The Bertz CT molecular complexity index is 1410. The summed E-state index contributed by atoms with van der Waals surface area (Å²) in [6.07, 6.45) is 3.50. The molecule has 0 bridgehead atoms. The third-order valence-electron chi connectivity index (χ3n) is 5.36. The fraction of sp³-hybridized carbons (Fsp3) is 0.0400. The van der Waals surface area contributed by atoms with Gasteiger partial charge >= 0.3 is 6.03 Å². The number of carbonyl (C=O) groups excluding carboxylic acids is 2. The molecule has 4 aromatic rings. The lowest BCUT2D eigenvalue weighted by molar-refractivity contribution is -0.113. The Hall–Kier alpha value is -3.90. The lowest BCUT2D eigenvalue weighted by Crippen LogP contribution is -2.30. The van der Waals surface area contributed by atoms with Gasteiger partial charge in [-0.25, -0.2) is 14.1 Å². The molecular formula is C25H17ClFN3O2. The fourth-order valence-corrected chi connectivity index (χ4v) is 4.06. The molecule has 1 aliphatic heterocycles. The highest BCUT2D eigenvalue weighted by Crippen LogP contribution is 2.28. The second-order valence-electron chi connectivity index (χ2n) is 7.43. The third kappa shape index (κ3) is 3.55. The highest BCUT2D eigenvalue weighted by molar-refractivity contribution is 6.32. The predicted molar refractivity (Wildman–Crippen MR) is 123 cm³/mol. The van der Waals surface area contributed by atoms with Crippen molar-refractivity contribution in [3.8, 4) is 0 Å². The number of fused-ring (bicyclic) bond motifs is 1. The minimum Gasteiger partial charge on any atom is -0.342 e. The molecule has 2 heterocycles. The Labute approximate surface area is 188 Å². The number of urea groups is 1. The van der Waals surface area contributed by atoms with Crippen molar-refractivity contribution in [1.29, 1.82) is 0 Å². The van der Waals surface area contributed by atoms with Gasteiger partial charge in [-0.3, -0.25) is 4.79 Å². The fourth-order valence-electron chi connectivity index (χ4n) is 3.87. The van der Waals surface area contributed by atoms with E-state index in [4.69, 9.17) is 11.6 Å². The number of hydrogen-bond donors (Lipinski definition) is 1. The van der Waals surface area contributed by atoms with Crippen LogP contribution in [0.3, 0.4) is 0 Å². The molecule has 5 nitrogen and oxygen atoms in total. The van der Waals surface area contributed by atoms with E-state index in [1.165, 1.54) is 6.07 Å². The van der Waals surface area contributed by atoms with Crippen molar-refractivity contribution < 1.29 is 14.0 Å². The molecule has 3 amide bonds. The van der Waals surface area contributed by atoms with Crippen molar-refractivity contribution in [2.75, 3.05) is 4.90 Å². The first-order valence-corrected chi connectivity index (χ1v) is 10.3. The van der Waals surface area contributed by atoms with Crippen LogP contribution in [0.2, 0.25) is 5.02 Å². The average molecular weight is 446 g/mol. The van der Waals surface area contributed by atoms with Gasteiger partial charge in [0.25, 0.3) is 5.91 Å². The quantitative estimate of drug-likeness (QED) is 0.329. The highest BCUT2D eigenvalue weighted by atomic mass is 35.5. The molecule has 1 saturated heterocycles. The molecule has 32 heavy (non-hydrogen) atoms. The molecule has 0 radical (unpaired) electrons. The first-order chi connectivity index (χ1) is 15.5. The maximum absolute atomic E-state index is 14.2. The Kier molecular flexibility index (Phi) is 4.99. The number of para-hydroxylation sites is 1. The Morgan fingerprint density at radius 1 is 0.969 bits per heavy atom. The average Bonchev–Trinajstić information content (AvgIpc) is 3.26. The van der Waals surface area contributed by atoms with E-state index in [1.54, 1.807) is 48.5 Å². The van der Waals surface area contributed by atoms with Crippen molar-refractivity contribution in [3.63, 3.8) is 0 Å². The minimum atomic E-state index is -0.543. The van der Waals surface area contributed by atoms with Gasteiger partial charge in [0.05, 0.1) is 12.2 Å². The van der Waals surface area contributed by atoms with Gasteiger partial charge in [-0.15, -0.1) is 0 Å². The second kappa shape index (κ2) is 7.98.